The number of hydrogen-bond donors (Lipinski definition) is 2. The summed E-state index contributed by atoms with van der Waals surface area (Å²) in [6, 6.07) is 9.36. The number of carbonyl (C=O) groups excluding carboxylic acids is 1. The van der Waals surface area contributed by atoms with Crippen molar-refractivity contribution in [3.63, 3.8) is 0 Å². The molecular weight excluding hydrogens is 362 g/mol. The smallest absolute Gasteiger partial charge is 0.257 e. The van der Waals surface area contributed by atoms with Crippen molar-refractivity contribution in [3.8, 4) is 0 Å². The first kappa shape index (κ1) is 19.4. The molecule has 1 aromatic heterocycles. The molecule has 3 rings (SSSR count). The van der Waals surface area contributed by atoms with Crippen LogP contribution in [0.4, 0.5) is 11.5 Å². The van der Waals surface area contributed by atoms with Gasteiger partial charge in [-0.05, 0) is 42.5 Å². The molecule has 2 N–H and O–H groups in total. The number of benzene rings is 1. The van der Waals surface area contributed by atoms with Gasteiger partial charge in [-0.3, -0.25) is 4.79 Å². The van der Waals surface area contributed by atoms with Gasteiger partial charge in [-0.15, -0.1) is 0 Å². The molecule has 0 spiro atoms. The number of rotatable bonds is 6. The summed E-state index contributed by atoms with van der Waals surface area (Å²) in [5.41, 5.74) is 3.56. The van der Waals surface area contributed by atoms with Gasteiger partial charge in [0.15, 0.2) is 9.84 Å². The van der Waals surface area contributed by atoms with Gasteiger partial charge in [0.1, 0.15) is 5.82 Å². The standard InChI is InChI=1S/C20H25N3O3S/c1-3-14-6-5-7-15(4-2)19(14)23-20(24)16-8-9-18(21-12-16)22-17-10-11-27(25,26)13-17/h5-9,12,17H,3-4,10-11,13H2,1-2H3,(H,21,22)(H,23,24). The Kier molecular flexibility index (Phi) is 5.79. The summed E-state index contributed by atoms with van der Waals surface area (Å²) >= 11 is 0. The van der Waals surface area contributed by atoms with Crippen LogP contribution in [-0.4, -0.2) is 36.9 Å². The number of anilines is 2. The van der Waals surface area contributed by atoms with Crippen molar-refractivity contribution in [1.29, 1.82) is 0 Å². The van der Waals surface area contributed by atoms with Crippen LogP contribution >= 0.6 is 0 Å². The third kappa shape index (κ3) is 4.66. The Bertz CT molecular complexity index is 902. The van der Waals surface area contributed by atoms with Crippen molar-refractivity contribution < 1.29 is 13.2 Å². The maximum atomic E-state index is 12.6. The third-order valence-electron chi connectivity index (χ3n) is 4.85. The molecule has 27 heavy (non-hydrogen) atoms. The van der Waals surface area contributed by atoms with Gasteiger partial charge >= 0.3 is 0 Å². The molecule has 0 radical (unpaired) electrons. The molecule has 1 amide bonds. The molecule has 0 aliphatic carbocycles. The molecule has 1 unspecified atom stereocenters. The van der Waals surface area contributed by atoms with E-state index >= 15 is 0 Å². The first-order chi connectivity index (χ1) is 12.9. The highest BCUT2D eigenvalue weighted by Crippen LogP contribution is 2.23. The average molecular weight is 388 g/mol. The summed E-state index contributed by atoms with van der Waals surface area (Å²) in [5.74, 6) is 0.719. The first-order valence-electron chi connectivity index (χ1n) is 9.27. The molecule has 1 fully saturated rings. The highest BCUT2D eigenvalue weighted by molar-refractivity contribution is 7.91. The number of aryl methyl sites for hydroxylation is 2. The number of nitrogens with one attached hydrogen (secondary N) is 2. The monoisotopic (exact) mass is 387 g/mol. The second-order valence-corrected chi connectivity index (χ2v) is 9.02. The number of pyridine rings is 1. The van der Waals surface area contributed by atoms with Crippen molar-refractivity contribution >= 4 is 27.2 Å². The van der Waals surface area contributed by atoms with Crippen LogP contribution in [0, 0.1) is 0 Å². The molecule has 1 aliphatic heterocycles. The molecule has 6 nitrogen and oxygen atoms in total. The van der Waals surface area contributed by atoms with Crippen molar-refractivity contribution in [2.24, 2.45) is 0 Å². The van der Waals surface area contributed by atoms with Crippen molar-refractivity contribution in [1.82, 2.24) is 4.98 Å². The zero-order chi connectivity index (χ0) is 19.4. The lowest BCUT2D eigenvalue weighted by Gasteiger charge is -2.15. The van der Waals surface area contributed by atoms with E-state index < -0.39 is 9.84 Å². The maximum absolute atomic E-state index is 12.6. The van der Waals surface area contributed by atoms with E-state index in [1.165, 1.54) is 6.20 Å². The SMILES string of the molecule is CCc1cccc(CC)c1NC(=O)c1ccc(NC2CCS(=O)(=O)C2)nc1. The fourth-order valence-electron chi connectivity index (χ4n) is 3.32. The average Bonchev–Trinajstić information content (AvgIpc) is 3.00. The summed E-state index contributed by atoms with van der Waals surface area (Å²) in [6.07, 6.45) is 3.78. The third-order valence-corrected chi connectivity index (χ3v) is 6.62. The van der Waals surface area contributed by atoms with E-state index in [9.17, 15) is 13.2 Å². The first-order valence-corrected chi connectivity index (χ1v) is 11.1. The lowest BCUT2D eigenvalue weighted by Crippen LogP contribution is -2.21. The molecule has 144 valence electrons. The number of para-hydroxylation sites is 1. The predicted molar refractivity (Wildman–Crippen MR) is 108 cm³/mol. The zero-order valence-corrected chi connectivity index (χ0v) is 16.5. The van der Waals surface area contributed by atoms with E-state index in [1.54, 1.807) is 12.1 Å². The summed E-state index contributed by atoms with van der Waals surface area (Å²) < 4.78 is 23.1. The second-order valence-electron chi connectivity index (χ2n) is 6.79. The van der Waals surface area contributed by atoms with Gasteiger partial charge in [-0.2, -0.15) is 0 Å². The number of carbonyl (C=O) groups is 1. The molecule has 2 heterocycles. The minimum Gasteiger partial charge on any atom is -0.366 e. The highest BCUT2D eigenvalue weighted by Gasteiger charge is 2.27. The molecule has 2 aromatic rings. The Balaban J connectivity index is 1.70. The predicted octanol–water partition coefficient (Wildman–Crippen LogP) is 3.06. The molecule has 0 bridgehead atoms. The maximum Gasteiger partial charge on any atom is 0.257 e. The van der Waals surface area contributed by atoms with E-state index in [1.807, 2.05) is 18.2 Å². The van der Waals surface area contributed by atoms with E-state index in [2.05, 4.69) is 29.5 Å². The van der Waals surface area contributed by atoms with Crippen LogP contribution in [0.25, 0.3) is 0 Å². The van der Waals surface area contributed by atoms with Gasteiger partial charge in [0.25, 0.3) is 5.91 Å². The molecule has 0 saturated carbocycles. The molecule has 1 aromatic carbocycles. The normalized spacial score (nSPS) is 18.2. The van der Waals surface area contributed by atoms with Crippen molar-refractivity contribution in [2.45, 2.75) is 39.2 Å². The van der Waals surface area contributed by atoms with Crippen LogP contribution in [0.15, 0.2) is 36.5 Å². The lowest BCUT2D eigenvalue weighted by atomic mass is 10.0. The Hall–Kier alpha value is -2.41. The molecule has 1 atom stereocenters. The van der Waals surface area contributed by atoms with Gasteiger partial charge in [-0.25, -0.2) is 13.4 Å². The summed E-state index contributed by atoms with van der Waals surface area (Å²) in [6.45, 7) is 4.13. The van der Waals surface area contributed by atoms with Gasteiger partial charge in [0.05, 0.1) is 17.1 Å². The lowest BCUT2D eigenvalue weighted by molar-refractivity contribution is 0.102. The number of amides is 1. The highest BCUT2D eigenvalue weighted by atomic mass is 32.2. The molecule has 1 saturated heterocycles. The van der Waals surface area contributed by atoms with E-state index in [0.29, 0.717) is 17.8 Å². The van der Waals surface area contributed by atoms with Gasteiger partial charge in [0.2, 0.25) is 0 Å². The molecular formula is C20H25N3O3S. The van der Waals surface area contributed by atoms with E-state index in [0.717, 1.165) is 29.7 Å². The number of sulfone groups is 1. The minimum absolute atomic E-state index is 0.120. The van der Waals surface area contributed by atoms with Crippen LogP contribution in [-0.2, 0) is 22.7 Å². The van der Waals surface area contributed by atoms with Gasteiger partial charge < -0.3 is 10.6 Å². The Labute approximate surface area is 160 Å². The Morgan fingerprint density at radius 3 is 2.37 bits per heavy atom. The quantitative estimate of drug-likeness (QED) is 0.795. The van der Waals surface area contributed by atoms with Crippen LogP contribution < -0.4 is 10.6 Å². The van der Waals surface area contributed by atoms with E-state index in [4.69, 9.17) is 0 Å². The molecule has 7 heteroatoms. The van der Waals surface area contributed by atoms with Gasteiger partial charge in [0, 0.05) is 17.9 Å². The molecule has 1 aliphatic rings. The number of nitrogens with zero attached hydrogens (tertiary/aromatic N) is 1. The fraction of sp³-hybridized carbons (Fsp3) is 0.400. The Morgan fingerprint density at radius 2 is 1.85 bits per heavy atom. The number of aromatic nitrogens is 1. The van der Waals surface area contributed by atoms with Crippen LogP contribution in [0.5, 0.6) is 0 Å². The fourth-order valence-corrected chi connectivity index (χ4v) is 4.99. The topological polar surface area (TPSA) is 88.2 Å². The largest absolute Gasteiger partial charge is 0.366 e. The van der Waals surface area contributed by atoms with Crippen LogP contribution in [0.1, 0.15) is 41.8 Å². The summed E-state index contributed by atoms with van der Waals surface area (Å²) in [7, 11) is -2.94. The number of hydrogen-bond acceptors (Lipinski definition) is 5. The van der Waals surface area contributed by atoms with Gasteiger partial charge in [-0.1, -0.05) is 32.0 Å². The summed E-state index contributed by atoms with van der Waals surface area (Å²) in [4.78, 5) is 16.9. The second kappa shape index (κ2) is 8.08. The minimum atomic E-state index is -2.94. The van der Waals surface area contributed by atoms with Crippen molar-refractivity contribution in [2.75, 3.05) is 22.1 Å². The van der Waals surface area contributed by atoms with E-state index in [-0.39, 0.29) is 23.5 Å². The van der Waals surface area contributed by atoms with Crippen molar-refractivity contribution in [3.05, 3.63) is 53.2 Å². The Morgan fingerprint density at radius 1 is 1.15 bits per heavy atom. The van der Waals surface area contributed by atoms with Crippen LogP contribution in [0.3, 0.4) is 0 Å². The van der Waals surface area contributed by atoms with Crippen LogP contribution in [0.2, 0.25) is 0 Å². The zero-order valence-electron chi connectivity index (χ0n) is 15.7. The summed E-state index contributed by atoms with van der Waals surface area (Å²) in [5, 5.41) is 6.15.